The van der Waals surface area contributed by atoms with Crippen LogP contribution in [0, 0.1) is 20.8 Å². The Morgan fingerprint density at radius 3 is 2.37 bits per heavy atom. The van der Waals surface area contributed by atoms with Gasteiger partial charge in [-0.2, -0.15) is 4.31 Å². The van der Waals surface area contributed by atoms with Crippen LogP contribution in [0.2, 0.25) is 0 Å². The van der Waals surface area contributed by atoms with E-state index in [0.717, 1.165) is 29.5 Å². The Hall–Kier alpha value is -1.70. The molecule has 0 N–H and O–H groups in total. The highest BCUT2D eigenvalue weighted by atomic mass is 32.2. The minimum Gasteiger partial charge on any atom is -0.293 e. The molecule has 144 valence electrons. The normalized spacial score (nSPS) is 15.2. The predicted octanol–water partition coefficient (Wildman–Crippen LogP) is 3.77. The van der Waals surface area contributed by atoms with Crippen molar-refractivity contribution in [2.24, 2.45) is 0 Å². The summed E-state index contributed by atoms with van der Waals surface area (Å²) in [5, 5.41) is 0.644. The van der Waals surface area contributed by atoms with Crippen molar-refractivity contribution in [1.82, 2.24) is 9.29 Å². The van der Waals surface area contributed by atoms with E-state index in [0.29, 0.717) is 18.1 Å². The highest BCUT2D eigenvalue weighted by molar-refractivity contribution is 7.99. The van der Waals surface area contributed by atoms with Gasteiger partial charge in [-0.15, -0.1) is 0 Å². The van der Waals surface area contributed by atoms with Gasteiger partial charge in [0.2, 0.25) is 10.0 Å². The third-order valence-electron chi connectivity index (χ3n) is 4.90. The second kappa shape index (κ2) is 8.12. The number of aryl methyl sites for hydroxylation is 3. The molecule has 1 aliphatic rings. The first-order valence-electron chi connectivity index (χ1n) is 8.99. The molecule has 1 aliphatic heterocycles. The van der Waals surface area contributed by atoms with Gasteiger partial charge in [0.15, 0.2) is 5.78 Å². The van der Waals surface area contributed by atoms with Gasteiger partial charge in [-0.3, -0.25) is 4.79 Å². The van der Waals surface area contributed by atoms with Gasteiger partial charge in [0, 0.05) is 24.8 Å². The lowest BCUT2D eigenvalue weighted by molar-refractivity contribution is 0.102. The van der Waals surface area contributed by atoms with Crippen LogP contribution in [0.3, 0.4) is 0 Å². The van der Waals surface area contributed by atoms with E-state index in [1.807, 2.05) is 32.9 Å². The van der Waals surface area contributed by atoms with Crippen LogP contribution in [0.5, 0.6) is 0 Å². The predicted molar refractivity (Wildman–Crippen MR) is 108 cm³/mol. The highest BCUT2D eigenvalue weighted by Gasteiger charge is 2.27. The van der Waals surface area contributed by atoms with E-state index < -0.39 is 10.0 Å². The van der Waals surface area contributed by atoms with E-state index in [-0.39, 0.29) is 16.4 Å². The summed E-state index contributed by atoms with van der Waals surface area (Å²) < 4.78 is 26.5. The lowest BCUT2D eigenvalue weighted by Crippen LogP contribution is -2.27. The monoisotopic (exact) mass is 404 g/mol. The molecule has 1 fully saturated rings. The van der Waals surface area contributed by atoms with Crippen molar-refractivity contribution in [3.63, 3.8) is 0 Å². The fourth-order valence-corrected chi connectivity index (χ4v) is 5.35. The molecule has 0 spiro atoms. The molecule has 0 atom stereocenters. The summed E-state index contributed by atoms with van der Waals surface area (Å²) in [7, 11) is -3.45. The standard InChI is InChI=1S/C20H24N2O3S2/c1-14-10-16(3)18(11-15(14)2)19(23)13-26-20-7-6-17(12-21-20)27(24,25)22-8-4-5-9-22/h6-7,10-12H,4-5,8-9,13H2,1-3H3. The summed E-state index contributed by atoms with van der Waals surface area (Å²) in [5.74, 6) is 0.324. The first-order valence-corrected chi connectivity index (χ1v) is 11.4. The lowest BCUT2D eigenvalue weighted by atomic mass is 9.99. The highest BCUT2D eigenvalue weighted by Crippen LogP contribution is 2.24. The fraction of sp³-hybridized carbons (Fsp3) is 0.400. The molecular weight excluding hydrogens is 380 g/mol. The van der Waals surface area contributed by atoms with Gasteiger partial charge >= 0.3 is 0 Å². The topological polar surface area (TPSA) is 67.3 Å². The third kappa shape index (κ3) is 4.42. The van der Waals surface area contributed by atoms with Crippen molar-refractivity contribution in [3.8, 4) is 0 Å². The van der Waals surface area contributed by atoms with Crippen molar-refractivity contribution in [2.45, 2.75) is 43.5 Å². The molecule has 5 nitrogen and oxygen atoms in total. The molecule has 3 rings (SSSR count). The Labute approximate surface area is 165 Å². The maximum atomic E-state index is 12.6. The summed E-state index contributed by atoms with van der Waals surface area (Å²) >= 11 is 1.32. The molecule has 2 aromatic rings. The summed E-state index contributed by atoms with van der Waals surface area (Å²) in [6.45, 7) is 7.12. The molecule has 0 amide bonds. The zero-order valence-corrected chi connectivity index (χ0v) is 17.5. The summed E-state index contributed by atoms with van der Waals surface area (Å²) in [6, 6.07) is 7.22. The van der Waals surface area contributed by atoms with Crippen molar-refractivity contribution >= 4 is 27.6 Å². The molecule has 2 heterocycles. The molecule has 0 bridgehead atoms. The molecule has 1 aromatic carbocycles. The third-order valence-corrected chi connectivity index (χ3v) is 7.73. The Balaban J connectivity index is 1.67. The Morgan fingerprint density at radius 2 is 1.74 bits per heavy atom. The van der Waals surface area contributed by atoms with Crippen molar-refractivity contribution in [3.05, 3.63) is 52.7 Å². The van der Waals surface area contributed by atoms with E-state index in [4.69, 9.17) is 0 Å². The van der Waals surface area contributed by atoms with Crippen LogP contribution >= 0.6 is 11.8 Å². The lowest BCUT2D eigenvalue weighted by Gasteiger charge is -2.15. The number of hydrogen-bond acceptors (Lipinski definition) is 5. The number of aromatic nitrogens is 1. The van der Waals surface area contributed by atoms with Crippen molar-refractivity contribution in [2.75, 3.05) is 18.8 Å². The van der Waals surface area contributed by atoms with Crippen molar-refractivity contribution in [1.29, 1.82) is 0 Å². The fourth-order valence-electron chi connectivity index (χ4n) is 3.16. The number of thioether (sulfide) groups is 1. The van der Waals surface area contributed by atoms with Gasteiger partial charge in [-0.1, -0.05) is 17.8 Å². The van der Waals surface area contributed by atoms with E-state index in [2.05, 4.69) is 4.98 Å². The number of sulfonamides is 1. The van der Waals surface area contributed by atoms with Gasteiger partial charge < -0.3 is 0 Å². The number of rotatable bonds is 6. The SMILES string of the molecule is Cc1cc(C)c(C(=O)CSc2ccc(S(=O)(=O)N3CCCC3)cn2)cc1C. The Bertz CT molecular complexity index is 948. The van der Waals surface area contributed by atoms with E-state index in [1.165, 1.54) is 27.8 Å². The minimum atomic E-state index is -3.45. The molecule has 1 saturated heterocycles. The van der Waals surface area contributed by atoms with Crippen LogP contribution in [0.15, 0.2) is 40.4 Å². The maximum absolute atomic E-state index is 12.6. The number of hydrogen-bond donors (Lipinski definition) is 0. The van der Waals surface area contributed by atoms with Gasteiger partial charge in [0.1, 0.15) is 4.90 Å². The van der Waals surface area contributed by atoms with Gasteiger partial charge in [0.05, 0.1) is 10.8 Å². The smallest absolute Gasteiger partial charge is 0.244 e. The van der Waals surface area contributed by atoms with Gasteiger partial charge in [-0.25, -0.2) is 13.4 Å². The van der Waals surface area contributed by atoms with Crippen molar-refractivity contribution < 1.29 is 13.2 Å². The summed E-state index contributed by atoms with van der Waals surface area (Å²) in [4.78, 5) is 17.0. The summed E-state index contributed by atoms with van der Waals surface area (Å²) in [5.41, 5.74) is 3.99. The zero-order valence-electron chi connectivity index (χ0n) is 15.9. The number of ketones is 1. The molecule has 0 aliphatic carbocycles. The second-order valence-electron chi connectivity index (χ2n) is 6.91. The van der Waals surface area contributed by atoms with Crippen LogP contribution < -0.4 is 0 Å². The van der Waals surface area contributed by atoms with Gasteiger partial charge in [-0.05, 0) is 68.5 Å². The number of benzene rings is 1. The van der Waals surface area contributed by atoms with Crippen LogP contribution in [0.4, 0.5) is 0 Å². The molecule has 1 aromatic heterocycles. The Kier molecular flexibility index (Phi) is 6.03. The molecule has 7 heteroatoms. The Morgan fingerprint density at radius 1 is 1.07 bits per heavy atom. The largest absolute Gasteiger partial charge is 0.293 e. The number of carbonyl (C=O) groups excluding carboxylic acids is 1. The first kappa shape index (κ1) is 20.0. The van der Waals surface area contributed by atoms with Crippen LogP contribution in [-0.4, -0.2) is 42.3 Å². The number of Topliss-reactive ketones (excluding diaryl/α,β-unsaturated/α-hetero) is 1. The summed E-state index contributed by atoms with van der Waals surface area (Å²) in [6.07, 6.45) is 3.20. The average molecular weight is 405 g/mol. The number of carbonyl (C=O) groups is 1. The number of nitrogens with zero attached hydrogens (tertiary/aromatic N) is 2. The molecular formula is C20H24N2O3S2. The molecule has 0 radical (unpaired) electrons. The number of pyridine rings is 1. The first-order chi connectivity index (χ1) is 12.8. The average Bonchev–Trinajstić information content (AvgIpc) is 3.18. The quantitative estimate of drug-likeness (QED) is 0.542. The van der Waals surface area contributed by atoms with E-state index >= 15 is 0 Å². The second-order valence-corrected chi connectivity index (χ2v) is 9.84. The zero-order chi connectivity index (χ0) is 19.6. The molecule has 0 unspecified atom stereocenters. The minimum absolute atomic E-state index is 0.0520. The van der Waals surface area contributed by atoms with E-state index in [9.17, 15) is 13.2 Å². The van der Waals surface area contributed by atoms with Crippen LogP contribution in [-0.2, 0) is 10.0 Å². The van der Waals surface area contributed by atoms with Crippen LogP contribution in [0.25, 0.3) is 0 Å². The van der Waals surface area contributed by atoms with Gasteiger partial charge in [0.25, 0.3) is 0 Å². The maximum Gasteiger partial charge on any atom is 0.244 e. The van der Waals surface area contributed by atoms with Crippen LogP contribution in [0.1, 0.15) is 39.9 Å². The van der Waals surface area contributed by atoms with E-state index in [1.54, 1.807) is 12.1 Å². The molecule has 27 heavy (non-hydrogen) atoms. The molecule has 0 saturated carbocycles.